The Balaban J connectivity index is 1.21. The van der Waals surface area contributed by atoms with Crippen LogP contribution in [-0.2, 0) is 24.2 Å². The zero-order chi connectivity index (χ0) is 20.3. The second-order valence-electron chi connectivity index (χ2n) is 8.18. The van der Waals surface area contributed by atoms with Crippen LogP contribution in [0.1, 0.15) is 23.6 Å². The lowest BCUT2D eigenvalue weighted by Gasteiger charge is -2.23. The van der Waals surface area contributed by atoms with E-state index < -0.39 is 0 Å². The number of fused-ring (bicyclic) bond motifs is 1. The first-order valence-electron chi connectivity index (χ1n) is 10.6. The van der Waals surface area contributed by atoms with Gasteiger partial charge in [-0.1, -0.05) is 24.3 Å². The summed E-state index contributed by atoms with van der Waals surface area (Å²) < 4.78 is 2.27. The lowest BCUT2D eigenvalue weighted by Crippen LogP contribution is -2.33. The number of carbonyl (C=O) groups is 1. The predicted octanol–water partition coefficient (Wildman–Crippen LogP) is 2.18. The van der Waals surface area contributed by atoms with Crippen LogP contribution in [0.2, 0.25) is 0 Å². The molecule has 2 aliphatic rings. The third kappa shape index (κ3) is 3.98. The minimum atomic E-state index is 0.233. The molecule has 5 rings (SSSR count). The van der Waals surface area contributed by atoms with Gasteiger partial charge < -0.3 is 14.4 Å². The minimum absolute atomic E-state index is 0.233. The Morgan fingerprint density at radius 1 is 1.00 bits per heavy atom. The number of para-hydroxylation sites is 1. The number of amides is 1. The molecular formula is C23H26N6O. The molecule has 1 atom stereocenters. The van der Waals surface area contributed by atoms with Crippen LogP contribution >= 0.6 is 0 Å². The van der Waals surface area contributed by atoms with Crippen molar-refractivity contribution in [1.82, 2.24) is 24.6 Å². The summed E-state index contributed by atoms with van der Waals surface area (Å²) in [6, 6.07) is 14.0. The van der Waals surface area contributed by atoms with E-state index in [1.165, 1.54) is 0 Å². The summed E-state index contributed by atoms with van der Waals surface area (Å²) in [6.45, 7) is 4.56. The van der Waals surface area contributed by atoms with E-state index >= 15 is 0 Å². The van der Waals surface area contributed by atoms with Crippen molar-refractivity contribution >= 4 is 11.6 Å². The number of benzene rings is 1. The molecule has 0 radical (unpaired) electrons. The van der Waals surface area contributed by atoms with Crippen LogP contribution in [0.25, 0.3) is 0 Å². The van der Waals surface area contributed by atoms with Crippen LogP contribution in [0.5, 0.6) is 0 Å². The number of rotatable bonds is 5. The van der Waals surface area contributed by atoms with Gasteiger partial charge in [0, 0.05) is 70.1 Å². The Bertz CT molecular complexity index is 1000. The first-order valence-corrected chi connectivity index (χ1v) is 10.6. The molecular weight excluding hydrogens is 376 g/mol. The molecule has 4 heterocycles. The normalized spacial score (nSPS) is 19.7. The number of aromatic nitrogens is 4. The van der Waals surface area contributed by atoms with Crippen LogP contribution in [0.4, 0.5) is 5.69 Å². The molecule has 0 aliphatic carbocycles. The summed E-state index contributed by atoms with van der Waals surface area (Å²) in [5.41, 5.74) is 2.16. The van der Waals surface area contributed by atoms with Gasteiger partial charge in [-0.3, -0.25) is 9.78 Å². The molecule has 0 saturated carbocycles. The molecule has 30 heavy (non-hydrogen) atoms. The third-order valence-electron chi connectivity index (χ3n) is 6.07. The van der Waals surface area contributed by atoms with Gasteiger partial charge >= 0.3 is 0 Å². The molecule has 0 spiro atoms. The molecule has 1 fully saturated rings. The lowest BCUT2D eigenvalue weighted by molar-refractivity contribution is -0.117. The zero-order valence-corrected chi connectivity index (χ0v) is 17.0. The number of carbonyl (C=O) groups excluding carboxylic acids is 1. The van der Waals surface area contributed by atoms with E-state index in [0.29, 0.717) is 12.3 Å². The Morgan fingerprint density at radius 3 is 2.73 bits per heavy atom. The number of pyridine rings is 1. The van der Waals surface area contributed by atoms with Gasteiger partial charge in [0.1, 0.15) is 11.6 Å². The molecule has 2 aromatic heterocycles. The molecule has 1 amide bonds. The van der Waals surface area contributed by atoms with Crippen molar-refractivity contribution < 1.29 is 4.79 Å². The summed E-state index contributed by atoms with van der Waals surface area (Å²) in [6.07, 6.45) is 5.95. The topological polar surface area (TPSA) is 67.2 Å². The second kappa shape index (κ2) is 8.36. The van der Waals surface area contributed by atoms with Crippen LogP contribution in [0.15, 0.2) is 54.9 Å². The van der Waals surface area contributed by atoms with Gasteiger partial charge in [-0.15, -0.1) is 10.2 Å². The maximum Gasteiger partial charge on any atom is 0.227 e. The smallest absolute Gasteiger partial charge is 0.227 e. The van der Waals surface area contributed by atoms with Gasteiger partial charge in [0.2, 0.25) is 5.91 Å². The van der Waals surface area contributed by atoms with E-state index in [-0.39, 0.29) is 5.91 Å². The van der Waals surface area contributed by atoms with Gasteiger partial charge in [-0.05, 0) is 29.7 Å². The number of nitrogens with zero attached hydrogens (tertiary/aromatic N) is 6. The second-order valence-corrected chi connectivity index (χ2v) is 8.18. The Hall–Kier alpha value is -3.06. The van der Waals surface area contributed by atoms with Crippen molar-refractivity contribution in [3.05, 3.63) is 72.1 Å². The molecule has 7 nitrogen and oxygen atoms in total. The van der Waals surface area contributed by atoms with Crippen molar-refractivity contribution in [1.29, 1.82) is 0 Å². The van der Waals surface area contributed by atoms with Crippen molar-refractivity contribution in [2.75, 3.05) is 31.1 Å². The van der Waals surface area contributed by atoms with Gasteiger partial charge in [0.25, 0.3) is 0 Å². The Kier molecular flexibility index (Phi) is 5.27. The van der Waals surface area contributed by atoms with Crippen molar-refractivity contribution in [3.8, 4) is 0 Å². The summed E-state index contributed by atoms with van der Waals surface area (Å²) in [5.74, 6) is 2.67. The Labute approximate surface area is 176 Å². The highest BCUT2D eigenvalue weighted by atomic mass is 16.2. The van der Waals surface area contributed by atoms with E-state index in [9.17, 15) is 4.79 Å². The van der Waals surface area contributed by atoms with Crippen LogP contribution in [-0.4, -0.2) is 56.7 Å². The number of anilines is 1. The number of hydrogen-bond donors (Lipinski definition) is 0. The van der Waals surface area contributed by atoms with Gasteiger partial charge in [0.05, 0.1) is 0 Å². The fourth-order valence-electron chi connectivity index (χ4n) is 4.55. The largest absolute Gasteiger partial charge is 0.313 e. The maximum atomic E-state index is 12.5. The monoisotopic (exact) mass is 402 g/mol. The highest BCUT2D eigenvalue weighted by Crippen LogP contribution is 2.26. The van der Waals surface area contributed by atoms with Gasteiger partial charge in [-0.2, -0.15) is 0 Å². The summed E-state index contributed by atoms with van der Waals surface area (Å²) >= 11 is 0. The highest BCUT2D eigenvalue weighted by Gasteiger charge is 2.32. The average Bonchev–Trinajstić information content (AvgIpc) is 3.27. The average molecular weight is 403 g/mol. The van der Waals surface area contributed by atoms with E-state index in [1.54, 1.807) is 6.20 Å². The minimum Gasteiger partial charge on any atom is -0.313 e. The highest BCUT2D eigenvalue weighted by molar-refractivity contribution is 5.95. The lowest BCUT2D eigenvalue weighted by atomic mass is 10.1. The van der Waals surface area contributed by atoms with Crippen LogP contribution in [0.3, 0.4) is 0 Å². The molecule has 1 aromatic carbocycles. The zero-order valence-electron chi connectivity index (χ0n) is 17.0. The van der Waals surface area contributed by atoms with Crippen molar-refractivity contribution in [3.63, 3.8) is 0 Å². The molecule has 2 aliphatic heterocycles. The summed E-state index contributed by atoms with van der Waals surface area (Å²) in [5, 5.41) is 8.88. The SMILES string of the molecule is O=C1C[C@H](CN2CCc3nnc(Cc4cccnc4)n3CC2)CN1c1ccccc1. The van der Waals surface area contributed by atoms with Crippen molar-refractivity contribution in [2.24, 2.45) is 5.92 Å². The molecule has 0 N–H and O–H groups in total. The molecule has 7 heteroatoms. The number of hydrogen-bond acceptors (Lipinski definition) is 5. The summed E-state index contributed by atoms with van der Waals surface area (Å²) in [4.78, 5) is 21.1. The standard InChI is InChI=1S/C23H26N6O/c30-23-14-19(17-29(23)20-6-2-1-3-7-20)16-27-10-8-21-25-26-22(28(21)12-11-27)13-18-5-4-9-24-15-18/h1-7,9,15,19H,8,10-14,16-17H2/t19-/m1/s1. The van der Waals surface area contributed by atoms with Crippen LogP contribution in [0, 0.1) is 5.92 Å². The fraction of sp³-hybridized carbons (Fsp3) is 0.391. The van der Waals surface area contributed by atoms with Crippen LogP contribution < -0.4 is 4.90 Å². The molecule has 1 saturated heterocycles. The third-order valence-corrected chi connectivity index (χ3v) is 6.07. The van der Waals surface area contributed by atoms with E-state index in [2.05, 4.69) is 30.7 Å². The van der Waals surface area contributed by atoms with E-state index in [1.807, 2.05) is 47.5 Å². The first-order chi connectivity index (χ1) is 14.8. The molecule has 3 aromatic rings. The van der Waals surface area contributed by atoms with E-state index in [0.717, 1.165) is 68.5 Å². The van der Waals surface area contributed by atoms with E-state index in [4.69, 9.17) is 0 Å². The summed E-state index contributed by atoms with van der Waals surface area (Å²) in [7, 11) is 0. The van der Waals surface area contributed by atoms with Crippen molar-refractivity contribution in [2.45, 2.75) is 25.8 Å². The molecule has 154 valence electrons. The van der Waals surface area contributed by atoms with Gasteiger partial charge in [-0.25, -0.2) is 0 Å². The Morgan fingerprint density at radius 2 is 1.90 bits per heavy atom. The predicted molar refractivity (Wildman–Crippen MR) is 114 cm³/mol. The molecule has 0 unspecified atom stereocenters. The van der Waals surface area contributed by atoms with Gasteiger partial charge in [0.15, 0.2) is 0 Å². The molecule has 0 bridgehead atoms. The first kappa shape index (κ1) is 18.9. The quantitative estimate of drug-likeness (QED) is 0.654. The maximum absolute atomic E-state index is 12.5. The fourth-order valence-corrected chi connectivity index (χ4v) is 4.55.